The van der Waals surface area contributed by atoms with Gasteiger partial charge in [-0.05, 0) is 37.8 Å². The molecule has 136 valence electrons. The Balaban J connectivity index is 1.58. The number of amides is 1. The maximum absolute atomic E-state index is 13.2. The number of hydrogen-bond donors (Lipinski definition) is 1. The number of carboxylic acids is 1. The summed E-state index contributed by atoms with van der Waals surface area (Å²) in [6, 6.07) is 8.06. The smallest absolute Gasteiger partial charge is 0.308 e. The summed E-state index contributed by atoms with van der Waals surface area (Å²) in [4.78, 5) is 31.1. The van der Waals surface area contributed by atoms with Gasteiger partial charge >= 0.3 is 5.97 Å². The van der Waals surface area contributed by atoms with E-state index < -0.39 is 11.9 Å². The van der Waals surface area contributed by atoms with Gasteiger partial charge in [-0.1, -0.05) is 24.3 Å². The van der Waals surface area contributed by atoms with Crippen LogP contribution in [0.2, 0.25) is 0 Å². The van der Waals surface area contributed by atoms with Crippen LogP contribution < -0.4 is 0 Å². The van der Waals surface area contributed by atoms with Crippen molar-refractivity contribution in [1.82, 2.24) is 9.88 Å². The average Bonchev–Trinajstić information content (AvgIpc) is 3.11. The molecule has 5 nitrogen and oxygen atoms in total. The second-order valence-corrected chi connectivity index (χ2v) is 8.20. The summed E-state index contributed by atoms with van der Waals surface area (Å²) in [6.07, 6.45) is 7.14. The summed E-state index contributed by atoms with van der Waals surface area (Å²) in [5.41, 5.74) is 0.983. The fourth-order valence-electron chi connectivity index (χ4n) is 4.02. The van der Waals surface area contributed by atoms with Gasteiger partial charge in [-0.3, -0.25) is 9.59 Å². The number of aromatic nitrogens is 1. The van der Waals surface area contributed by atoms with E-state index in [-0.39, 0.29) is 17.7 Å². The van der Waals surface area contributed by atoms with Crippen LogP contribution in [-0.2, 0) is 9.59 Å². The Hall–Kier alpha value is -2.21. The van der Waals surface area contributed by atoms with Gasteiger partial charge in [0.25, 0.3) is 0 Å². The molecule has 1 saturated heterocycles. The molecule has 1 fully saturated rings. The van der Waals surface area contributed by atoms with Crippen molar-refractivity contribution in [2.24, 2.45) is 11.8 Å². The number of likely N-dealkylation sites (tertiary alicyclic amines) is 1. The number of nitrogens with zero attached hydrogens (tertiary/aromatic N) is 2. The summed E-state index contributed by atoms with van der Waals surface area (Å²) in [6.45, 7) is 0.996. The van der Waals surface area contributed by atoms with Crippen LogP contribution in [-0.4, -0.2) is 40.0 Å². The Labute approximate surface area is 156 Å². The quantitative estimate of drug-likeness (QED) is 0.837. The Morgan fingerprint density at radius 3 is 2.81 bits per heavy atom. The third kappa shape index (κ3) is 3.26. The normalized spacial score (nSPS) is 26.2. The number of carboxylic acid groups (broad SMARTS) is 1. The molecule has 0 radical (unpaired) electrons. The molecule has 0 unspecified atom stereocenters. The van der Waals surface area contributed by atoms with Crippen molar-refractivity contribution < 1.29 is 14.7 Å². The van der Waals surface area contributed by atoms with Gasteiger partial charge in [0, 0.05) is 19.0 Å². The van der Waals surface area contributed by atoms with E-state index in [0.717, 1.165) is 28.1 Å². The van der Waals surface area contributed by atoms with Crippen molar-refractivity contribution >= 4 is 33.4 Å². The number of piperidine rings is 1. The minimum absolute atomic E-state index is 0.0788. The number of carbonyl (C=O) groups excluding carboxylic acids is 1. The molecule has 3 atom stereocenters. The molecule has 0 saturated carbocycles. The maximum atomic E-state index is 13.2. The first-order valence-electron chi connectivity index (χ1n) is 9.15. The minimum atomic E-state index is -0.797. The van der Waals surface area contributed by atoms with Crippen molar-refractivity contribution in [3.05, 3.63) is 41.4 Å². The summed E-state index contributed by atoms with van der Waals surface area (Å²) in [5, 5.41) is 10.3. The number of rotatable bonds is 3. The molecule has 2 aliphatic rings. The molecule has 1 N–H and O–H groups in total. The highest BCUT2D eigenvalue weighted by Gasteiger charge is 2.37. The van der Waals surface area contributed by atoms with E-state index in [2.05, 4.69) is 18.2 Å². The van der Waals surface area contributed by atoms with Crippen LogP contribution in [0.3, 0.4) is 0 Å². The first-order valence-corrected chi connectivity index (χ1v) is 9.97. The Kier molecular flexibility index (Phi) is 4.76. The van der Waals surface area contributed by atoms with E-state index in [1.807, 2.05) is 18.2 Å². The first kappa shape index (κ1) is 17.2. The van der Waals surface area contributed by atoms with Gasteiger partial charge in [-0.15, -0.1) is 11.3 Å². The predicted octanol–water partition coefficient (Wildman–Crippen LogP) is 3.67. The topological polar surface area (TPSA) is 70.5 Å². The second-order valence-electron chi connectivity index (χ2n) is 7.14. The summed E-state index contributed by atoms with van der Waals surface area (Å²) in [5.74, 6) is -1.21. The van der Waals surface area contributed by atoms with E-state index in [0.29, 0.717) is 25.9 Å². The lowest BCUT2D eigenvalue weighted by atomic mass is 9.81. The molecular formula is C20H22N2O3S. The van der Waals surface area contributed by atoms with Gasteiger partial charge < -0.3 is 10.0 Å². The van der Waals surface area contributed by atoms with E-state index >= 15 is 0 Å². The Bertz CT molecular complexity index is 827. The van der Waals surface area contributed by atoms with Crippen LogP contribution in [0, 0.1) is 11.8 Å². The van der Waals surface area contributed by atoms with E-state index in [1.54, 1.807) is 16.2 Å². The van der Waals surface area contributed by atoms with Crippen molar-refractivity contribution in [2.45, 2.75) is 31.6 Å². The largest absolute Gasteiger partial charge is 0.481 e. The number of allylic oxidation sites excluding steroid dienone is 2. The fourth-order valence-corrected chi connectivity index (χ4v) is 5.17. The molecule has 1 amide bonds. The van der Waals surface area contributed by atoms with Crippen molar-refractivity contribution in [1.29, 1.82) is 0 Å². The molecule has 1 aromatic carbocycles. The highest BCUT2D eigenvalue weighted by molar-refractivity contribution is 7.18. The second kappa shape index (κ2) is 7.19. The Morgan fingerprint density at radius 1 is 1.19 bits per heavy atom. The fraction of sp³-hybridized carbons (Fsp3) is 0.450. The monoisotopic (exact) mass is 370 g/mol. The van der Waals surface area contributed by atoms with Crippen LogP contribution in [0.4, 0.5) is 0 Å². The molecular weight excluding hydrogens is 348 g/mol. The molecule has 1 aliphatic carbocycles. The number of thiazole rings is 1. The van der Waals surface area contributed by atoms with Crippen LogP contribution in [0.25, 0.3) is 10.2 Å². The SMILES string of the molecule is O=C(O)[C@@H]1CCCN(C(=O)[C@@H]2CC=CC[C@@H]2c2nc3ccccc3s2)C1. The van der Waals surface area contributed by atoms with Crippen molar-refractivity contribution in [3.63, 3.8) is 0 Å². The van der Waals surface area contributed by atoms with Crippen LogP contribution in [0.5, 0.6) is 0 Å². The van der Waals surface area contributed by atoms with Gasteiger partial charge in [-0.2, -0.15) is 0 Å². The molecule has 1 aromatic heterocycles. The van der Waals surface area contributed by atoms with E-state index in [4.69, 9.17) is 4.98 Å². The zero-order chi connectivity index (χ0) is 18.1. The lowest BCUT2D eigenvalue weighted by molar-refractivity contribution is -0.147. The van der Waals surface area contributed by atoms with Crippen molar-refractivity contribution in [3.8, 4) is 0 Å². The average molecular weight is 370 g/mol. The molecule has 4 rings (SSSR count). The summed E-state index contributed by atoms with van der Waals surface area (Å²) < 4.78 is 1.15. The lowest BCUT2D eigenvalue weighted by Crippen LogP contribution is -2.46. The van der Waals surface area contributed by atoms with Gasteiger partial charge in [0.2, 0.25) is 5.91 Å². The number of fused-ring (bicyclic) bond motifs is 1. The molecule has 0 spiro atoms. The van der Waals surface area contributed by atoms with Crippen LogP contribution in [0.15, 0.2) is 36.4 Å². The highest BCUT2D eigenvalue weighted by atomic mass is 32.1. The Morgan fingerprint density at radius 2 is 2.00 bits per heavy atom. The standard InChI is InChI=1S/C20H22N2O3S/c23-19(22-11-5-6-13(12-22)20(24)25)15-8-2-1-7-14(15)18-21-16-9-3-4-10-17(16)26-18/h1-4,9-10,13-15H,5-8,11-12H2,(H,24,25)/t13-,14+,15-/m1/s1. The van der Waals surface area contributed by atoms with Crippen molar-refractivity contribution in [2.75, 3.05) is 13.1 Å². The molecule has 6 heteroatoms. The van der Waals surface area contributed by atoms with Gasteiger partial charge in [0.05, 0.1) is 27.1 Å². The molecule has 2 heterocycles. The van der Waals surface area contributed by atoms with Gasteiger partial charge in [-0.25, -0.2) is 4.98 Å². The van der Waals surface area contributed by atoms with E-state index in [9.17, 15) is 14.7 Å². The number of hydrogen-bond acceptors (Lipinski definition) is 4. The molecule has 0 bridgehead atoms. The zero-order valence-electron chi connectivity index (χ0n) is 14.5. The third-order valence-corrected chi connectivity index (χ3v) is 6.63. The van der Waals surface area contributed by atoms with Crippen LogP contribution >= 0.6 is 11.3 Å². The van der Waals surface area contributed by atoms with Crippen LogP contribution in [0.1, 0.15) is 36.6 Å². The number of benzene rings is 1. The van der Waals surface area contributed by atoms with Gasteiger partial charge in [0.1, 0.15) is 0 Å². The van der Waals surface area contributed by atoms with E-state index in [1.165, 1.54) is 0 Å². The number of para-hydroxylation sites is 1. The molecule has 1 aliphatic heterocycles. The number of aliphatic carboxylic acids is 1. The zero-order valence-corrected chi connectivity index (χ0v) is 15.3. The molecule has 2 aromatic rings. The summed E-state index contributed by atoms with van der Waals surface area (Å²) in [7, 11) is 0. The lowest BCUT2D eigenvalue weighted by Gasteiger charge is -2.36. The van der Waals surface area contributed by atoms with Gasteiger partial charge in [0.15, 0.2) is 0 Å². The summed E-state index contributed by atoms with van der Waals surface area (Å²) >= 11 is 1.67. The molecule has 26 heavy (non-hydrogen) atoms. The predicted molar refractivity (Wildman–Crippen MR) is 101 cm³/mol. The third-order valence-electron chi connectivity index (χ3n) is 5.46. The maximum Gasteiger partial charge on any atom is 0.308 e. The minimum Gasteiger partial charge on any atom is -0.481 e. The number of carbonyl (C=O) groups is 2. The first-order chi connectivity index (χ1) is 12.6. The highest BCUT2D eigenvalue weighted by Crippen LogP contribution is 2.39.